The van der Waals surface area contributed by atoms with Gasteiger partial charge < -0.3 is 14.5 Å². The summed E-state index contributed by atoms with van der Waals surface area (Å²) in [5, 5.41) is 11.5. The summed E-state index contributed by atoms with van der Waals surface area (Å²) in [6, 6.07) is 13.7. The highest BCUT2D eigenvalue weighted by Crippen LogP contribution is 2.09. The van der Waals surface area contributed by atoms with Crippen LogP contribution in [0.2, 0.25) is 0 Å². The molecule has 1 heterocycles. The number of ether oxygens (including phenoxy) is 1. The molecule has 0 aliphatic carbocycles. The van der Waals surface area contributed by atoms with E-state index in [1.54, 1.807) is 42.5 Å². The molecule has 0 radical (unpaired) electrons. The first-order valence-electron chi connectivity index (χ1n) is 6.36. The number of furan rings is 1. The zero-order valence-corrected chi connectivity index (χ0v) is 11.5. The molecule has 2 aromatic rings. The van der Waals surface area contributed by atoms with E-state index in [-0.39, 0.29) is 5.57 Å². The SMILES string of the molecule is N#C/C(=C\c1ccco1)C(=O)OCC(=O)Nc1ccccc1. The van der Waals surface area contributed by atoms with Crippen molar-refractivity contribution < 1.29 is 18.7 Å². The predicted octanol–water partition coefficient (Wildman–Crippen LogP) is 2.37. The number of hydrogen-bond acceptors (Lipinski definition) is 5. The van der Waals surface area contributed by atoms with E-state index in [4.69, 9.17) is 14.4 Å². The van der Waals surface area contributed by atoms with Gasteiger partial charge in [0.1, 0.15) is 17.4 Å². The molecule has 0 saturated carbocycles. The molecule has 110 valence electrons. The maximum absolute atomic E-state index is 11.7. The molecular formula is C16H12N2O4. The Morgan fingerprint density at radius 2 is 2.00 bits per heavy atom. The number of hydrogen-bond donors (Lipinski definition) is 1. The van der Waals surface area contributed by atoms with Crippen LogP contribution in [0.25, 0.3) is 6.08 Å². The van der Waals surface area contributed by atoms with Crippen LogP contribution in [0, 0.1) is 11.3 Å². The lowest BCUT2D eigenvalue weighted by molar-refractivity contribution is -0.142. The van der Waals surface area contributed by atoms with Crippen LogP contribution in [-0.4, -0.2) is 18.5 Å². The monoisotopic (exact) mass is 296 g/mol. The number of esters is 1. The Labute approximate surface area is 126 Å². The van der Waals surface area contributed by atoms with Gasteiger partial charge >= 0.3 is 5.97 Å². The molecular weight excluding hydrogens is 284 g/mol. The second kappa shape index (κ2) is 7.45. The lowest BCUT2D eigenvalue weighted by Gasteiger charge is -2.05. The quantitative estimate of drug-likeness (QED) is 0.519. The molecule has 1 amide bonds. The number of nitriles is 1. The Balaban J connectivity index is 1.89. The number of amides is 1. The van der Waals surface area contributed by atoms with E-state index in [0.717, 1.165) is 0 Å². The van der Waals surface area contributed by atoms with Crippen molar-refractivity contribution >= 4 is 23.6 Å². The summed E-state index contributed by atoms with van der Waals surface area (Å²) >= 11 is 0. The second-order valence-electron chi connectivity index (χ2n) is 4.18. The largest absolute Gasteiger partial charge is 0.465 e. The molecule has 0 aliphatic heterocycles. The van der Waals surface area contributed by atoms with E-state index in [9.17, 15) is 9.59 Å². The van der Waals surface area contributed by atoms with Crippen molar-refractivity contribution in [2.45, 2.75) is 0 Å². The average molecular weight is 296 g/mol. The van der Waals surface area contributed by atoms with Crippen LogP contribution in [0.1, 0.15) is 5.76 Å². The number of carbonyl (C=O) groups excluding carboxylic acids is 2. The first-order chi connectivity index (χ1) is 10.7. The number of carbonyl (C=O) groups is 2. The maximum Gasteiger partial charge on any atom is 0.349 e. The number of nitrogens with one attached hydrogen (secondary N) is 1. The van der Waals surface area contributed by atoms with Crippen molar-refractivity contribution in [3.05, 3.63) is 60.1 Å². The average Bonchev–Trinajstić information content (AvgIpc) is 3.04. The Kier molecular flexibility index (Phi) is 5.10. The van der Waals surface area contributed by atoms with Gasteiger partial charge in [-0.1, -0.05) is 18.2 Å². The van der Waals surface area contributed by atoms with Crippen molar-refractivity contribution in [1.29, 1.82) is 5.26 Å². The minimum atomic E-state index is -0.887. The third-order valence-corrected chi connectivity index (χ3v) is 2.56. The zero-order valence-electron chi connectivity index (χ0n) is 11.5. The van der Waals surface area contributed by atoms with Gasteiger partial charge in [0.05, 0.1) is 6.26 Å². The first kappa shape index (κ1) is 15.1. The van der Waals surface area contributed by atoms with Gasteiger partial charge in [-0.15, -0.1) is 0 Å². The number of nitrogens with zero attached hydrogens (tertiary/aromatic N) is 1. The van der Waals surface area contributed by atoms with Gasteiger partial charge in [0.2, 0.25) is 0 Å². The van der Waals surface area contributed by atoms with Gasteiger partial charge in [-0.3, -0.25) is 4.79 Å². The molecule has 0 fully saturated rings. The number of benzene rings is 1. The standard InChI is InChI=1S/C16H12N2O4/c17-10-12(9-14-7-4-8-21-14)16(20)22-11-15(19)18-13-5-2-1-3-6-13/h1-9H,11H2,(H,18,19)/b12-9+. The molecule has 2 rings (SSSR count). The van der Waals surface area contributed by atoms with E-state index in [1.807, 2.05) is 6.07 Å². The highest BCUT2D eigenvalue weighted by molar-refractivity contribution is 5.99. The van der Waals surface area contributed by atoms with Crippen LogP contribution in [-0.2, 0) is 14.3 Å². The molecule has 0 spiro atoms. The summed E-state index contributed by atoms with van der Waals surface area (Å²) in [5.74, 6) is -1.03. The summed E-state index contributed by atoms with van der Waals surface area (Å²) < 4.78 is 9.80. The number of rotatable bonds is 5. The number of anilines is 1. The highest BCUT2D eigenvalue weighted by atomic mass is 16.5. The van der Waals surface area contributed by atoms with Crippen molar-refractivity contribution in [2.24, 2.45) is 0 Å². The van der Waals surface area contributed by atoms with Gasteiger partial charge in [0.15, 0.2) is 6.61 Å². The highest BCUT2D eigenvalue weighted by Gasteiger charge is 2.13. The van der Waals surface area contributed by atoms with Crippen LogP contribution in [0.4, 0.5) is 5.69 Å². The van der Waals surface area contributed by atoms with Crippen molar-refractivity contribution in [3.63, 3.8) is 0 Å². The van der Waals surface area contributed by atoms with E-state index < -0.39 is 18.5 Å². The summed E-state index contributed by atoms with van der Waals surface area (Å²) in [4.78, 5) is 23.4. The normalized spacial score (nSPS) is 10.6. The van der Waals surface area contributed by atoms with Gasteiger partial charge in [0, 0.05) is 11.8 Å². The van der Waals surface area contributed by atoms with Crippen molar-refractivity contribution in [1.82, 2.24) is 0 Å². The molecule has 1 aromatic heterocycles. The van der Waals surface area contributed by atoms with Gasteiger partial charge in [0.25, 0.3) is 5.91 Å². The predicted molar refractivity (Wildman–Crippen MR) is 78.3 cm³/mol. The van der Waals surface area contributed by atoms with Gasteiger partial charge in [-0.2, -0.15) is 5.26 Å². The molecule has 0 saturated heterocycles. The Hall–Kier alpha value is -3.33. The molecule has 0 bridgehead atoms. The first-order valence-corrected chi connectivity index (χ1v) is 6.36. The smallest absolute Gasteiger partial charge is 0.349 e. The molecule has 6 nitrogen and oxygen atoms in total. The Morgan fingerprint density at radius 3 is 2.64 bits per heavy atom. The van der Waals surface area contributed by atoms with Crippen LogP contribution in [0.5, 0.6) is 0 Å². The third-order valence-electron chi connectivity index (χ3n) is 2.56. The third kappa shape index (κ3) is 4.35. The molecule has 1 N–H and O–H groups in total. The second-order valence-corrected chi connectivity index (χ2v) is 4.18. The molecule has 0 unspecified atom stereocenters. The summed E-state index contributed by atoms with van der Waals surface area (Å²) in [6.07, 6.45) is 2.66. The Morgan fingerprint density at radius 1 is 1.23 bits per heavy atom. The zero-order chi connectivity index (χ0) is 15.8. The molecule has 0 aliphatic rings. The van der Waals surface area contributed by atoms with E-state index in [1.165, 1.54) is 12.3 Å². The molecule has 1 aromatic carbocycles. The lowest BCUT2D eigenvalue weighted by atomic mass is 10.2. The fourth-order valence-electron chi connectivity index (χ4n) is 1.58. The van der Waals surface area contributed by atoms with E-state index in [0.29, 0.717) is 11.4 Å². The summed E-state index contributed by atoms with van der Waals surface area (Å²) in [5.41, 5.74) is 0.345. The molecule has 0 atom stereocenters. The molecule has 6 heteroatoms. The lowest BCUT2D eigenvalue weighted by Crippen LogP contribution is -2.21. The number of para-hydroxylation sites is 1. The minimum absolute atomic E-state index is 0.248. The molecule has 22 heavy (non-hydrogen) atoms. The van der Waals surface area contributed by atoms with Crippen LogP contribution >= 0.6 is 0 Å². The van der Waals surface area contributed by atoms with Crippen molar-refractivity contribution in [3.8, 4) is 6.07 Å². The van der Waals surface area contributed by atoms with Crippen LogP contribution in [0.15, 0.2) is 58.7 Å². The topological polar surface area (TPSA) is 92.3 Å². The summed E-state index contributed by atoms with van der Waals surface area (Å²) in [7, 11) is 0. The van der Waals surface area contributed by atoms with Crippen LogP contribution < -0.4 is 5.32 Å². The minimum Gasteiger partial charge on any atom is -0.465 e. The van der Waals surface area contributed by atoms with Crippen molar-refractivity contribution in [2.75, 3.05) is 11.9 Å². The van der Waals surface area contributed by atoms with E-state index >= 15 is 0 Å². The van der Waals surface area contributed by atoms with Gasteiger partial charge in [-0.05, 0) is 24.3 Å². The maximum atomic E-state index is 11.7. The van der Waals surface area contributed by atoms with Gasteiger partial charge in [-0.25, -0.2) is 4.79 Å². The van der Waals surface area contributed by atoms with E-state index in [2.05, 4.69) is 5.32 Å². The summed E-state index contributed by atoms with van der Waals surface area (Å²) in [6.45, 7) is -0.481. The van der Waals surface area contributed by atoms with Crippen LogP contribution in [0.3, 0.4) is 0 Å². The fourth-order valence-corrected chi connectivity index (χ4v) is 1.58. The fraction of sp³-hybridized carbons (Fsp3) is 0.0625. The Bertz CT molecular complexity index is 712.